The molecule has 2 aromatic rings. The van der Waals surface area contributed by atoms with Crippen LogP contribution in [0, 0.1) is 11.3 Å². The third-order valence-electron chi connectivity index (χ3n) is 4.77. The number of aromatic hydroxyl groups is 1. The largest absolute Gasteiger partial charge is 0.504 e. The van der Waals surface area contributed by atoms with Crippen LogP contribution in [-0.2, 0) is 22.5 Å². The first-order chi connectivity index (χ1) is 15.2. The molecule has 0 aromatic heterocycles. The van der Waals surface area contributed by atoms with E-state index in [4.69, 9.17) is 21.7 Å². The molecule has 0 saturated carbocycles. The summed E-state index contributed by atoms with van der Waals surface area (Å²) in [6, 6.07) is 15.3. The fourth-order valence-corrected chi connectivity index (χ4v) is 3.30. The minimum absolute atomic E-state index is 0.0786. The number of benzene rings is 2. The molecular formula is C25H34N2O4S. The highest BCUT2D eigenvalue weighted by atomic mass is 32.1. The van der Waals surface area contributed by atoms with Crippen LogP contribution in [0.3, 0.4) is 0 Å². The molecule has 1 atom stereocenters. The molecule has 7 heteroatoms. The summed E-state index contributed by atoms with van der Waals surface area (Å²) < 4.78 is 10.7. The third-order valence-corrected chi connectivity index (χ3v) is 5.06. The van der Waals surface area contributed by atoms with Gasteiger partial charge in [-0.2, -0.15) is 0 Å². The average Bonchev–Trinajstić information content (AvgIpc) is 2.74. The van der Waals surface area contributed by atoms with Crippen LogP contribution < -0.4 is 15.4 Å². The number of esters is 1. The van der Waals surface area contributed by atoms with Gasteiger partial charge >= 0.3 is 5.97 Å². The Balaban J connectivity index is 1.88. The SMILES string of the molecule is COc1cc(CNC(=S)NCC(COC(=O)CC(C)(C)C)Cc2ccccc2)ccc1O. The Bertz CT molecular complexity index is 881. The number of hydrogen-bond donors (Lipinski definition) is 3. The van der Waals surface area contributed by atoms with Gasteiger partial charge in [0, 0.05) is 19.0 Å². The standard InChI is InChI=1S/C25H34N2O4S/c1-25(2,3)14-23(29)31-17-20(12-18-8-6-5-7-9-18)16-27-24(32)26-15-19-10-11-21(28)22(13-19)30-4/h5-11,13,20,28H,12,14-17H2,1-4H3,(H2,26,27,32). The molecule has 0 aliphatic rings. The van der Waals surface area contributed by atoms with Gasteiger partial charge in [-0.25, -0.2) is 0 Å². The van der Waals surface area contributed by atoms with Crippen molar-refractivity contribution in [3.8, 4) is 11.5 Å². The molecule has 0 radical (unpaired) electrons. The maximum atomic E-state index is 12.2. The van der Waals surface area contributed by atoms with Crippen molar-refractivity contribution < 1.29 is 19.4 Å². The van der Waals surface area contributed by atoms with E-state index >= 15 is 0 Å². The molecule has 0 aliphatic carbocycles. The quantitative estimate of drug-likeness (QED) is 0.364. The van der Waals surface area contributed by atoms with Gasteiger partial charge < -0.3 is 25.2 Å². The number of methoxy groups -OCH3 is 1. The van der Waals surface area contributed by atoms with Crippen molar-refractivity contribution in [3.05, 3.63) is 59.7 Å². The number of carbonyl (C=O) groups is 1. The van der Waals surface area contributed by atoms with E-state index in [1.165, 1.54) is 12.7 Å². The summed E-state index contributed by atoms with van der Waals surface area (Å²) in [6.07, 6.45) is 1.16. The van der Waals surface area contributed by atoms with E-state index in [-0.39, 0.29) is 23.1 Å². The first kappa shape index (κ1) is 25.5. The van der Waals surface area contributed by atoms with Crippen molar-refractivity contribution in [3.63, 3.8) is 0 Å². The fourth-order valence-electron chi connectivity index (χ4n) is 3.15. The van der Waals surface area contributed by atoms with Crippen molar-refractivity contribution in [2.24, 2.45) is 11.3 Å². The van der Waals surface area contributed by atoms with Crippen LogP contribution in [-0.4, -0.2) is 36.4 Å². The van der Waals surface area contributed by atoms with Gasteiger partial charge in [-0.05, 0) is 47.3 Å². The lowest BCUT2D eigenvalue weighted by atomic mass is 9.92. The lowest BCUT2D eigenvalue weighted by molar-refractivity contribution is -0.147. The Morgan fingerprint density at radius 1 is 1.09 bits per heavy atom. The smallest absolute Gasteiger partial charge is 0.306 e. The van der Waals surface area contributed by atoms with Crippen LogP contribution in [0.4, 0.5) is 0 Å². The number of phenolic OH excluding ortho intramolecular Hbond substituents is 1. The number of phenols is 1. The van der Waals surface area contributed by atoms with Gasteiger partial charge in [-0.3, -0.25) is 4.79 Å². The molecule has 0 heterocycles. The molecule has 174 valence electrons. The summed E-state index contributed by atoms with van der Waals surface area (Å²) in [5.41, 5.74) is 2.01. The van der Waals surface area contributed by atoms with Gasteiger partial charge in [-0.15, -0.1) is 0 Å². The zero-order chi connectivity index (χ0) is 23.6. The third kappa shape index (κ3) is 9.56. The first-order valence-electron chi connectivity index (χ1n) is 10.7. The van der Waals surface area contributed by atoms with Crippen molar-refractivity contribution >= 4 is 23.3 Å². The van der Waals surface area contributed by atoms with Gasteiger partial charge in [-0.1, -0.05) is 57.2 Å². The van der Waals surface area contributed by atoms with Crippen LogP contribution in [0.2, 0.25) is 0 Å². The Kier molecular flexibility index (Phi) is 9.78. The summed E-state index contributed by atoms with van der Waals surface area (Å²) in [5, 5.41) is 16.6. The molecule has 6 nitrogen and oxygen atoms in total. The van der Waals surface area contributed by atoms with Gasteiger partial charge in [0.2, 0.25) is 0 Å². The molecule has 0 aliphatic heterocycles. The molecule has 0 saturated heterocycles. The van der Waals surface area contributed by atoms with Gasteiger partial charge in [0.25, 0.3) is 0 Å². The number of carbonyl (C=O) groups excluding carboxylic acids is 1. The number of rotatable bonds is 10. The lowest BCUT2D eigenvalue weighted by Crippen LogP contribution is -2.39. The van der Waals surface area contributed by atoms with Gasteiger partial charge in [0.05, 0.1) is 20.1 Å². The molecule has 0 spiro atoms. The van der Waals surface area contributed by atoms with E-state index in [1.807, 2.05) is 39.0 Å². The Morgan fingerprint density at radius 3 is 2.47 bits per heavy atom. The number of hydrogen-bond acceptors (Lipinski definition) is 5. The van der Waals surface area contributed by atoms with Crippen molar-refractivity contribution in [1.29, 1.82) is 0 Å². The zero-order valence-electron chi connectivity index (χ0n) is 19.3. The second kappa shape index (κ2) is 12.3. The minimum Gasteiger partial charge on any atom is -0.504 e. The summed E-state index contributed by atoms with van der Waals surface area (Å²) in [6.45, 7) is 7.45. The Hall–Kier alpha value is -2.80. The number of nitrogens with one attached hydrogen (secondary N) is 2. The second-order valence-corrected chi connectivity index (χ2v) is 9.45. The summed E-state index contributed by atoms with van der Waals surface area (Å²) >= 11 is 5.42. The van der Waals surface area contributed by atoms with Crippen LogP contribution in [0.15, 0.2) is 48.5 Å². The van der Waals surface area contributed by atoms with Crippen LogP contribution in [0.5, 0.6) is 11.5 Å². The predicted molar refractivity (Wildman–Crippen MR) is 131 cm³/mol. The van der Waals surface area contributed by atoms with Gasteiger partial charge in [0.15, 0.2) is 16.6 Å². The maximum absolute atomic E-state index is 12.2. The first-order valence-corrected chi connectivity index (χ1v) is 11.1. The van der Waals surface area contributed by atoms with Crippen molar-refractivity contribution in [1.82, 2.24) is 10.6 Å². The molecule has 1 unspecified atom stereocenters. The van der Waals surface area contributed by atoms with E-state index in [1.54, 1.807) is 18.2 Å². The van der Waals surface area contributed by atoms with Gasteiger partial charge in [0.1, 0.15) is 0 Å². The van der Waals surface area contributed by atoms with E-state index in [0.29, 0.717) is 37.0 Å². The minimum atomic E-state index is -0.183. The van der Waals surface area contributed by atoms with E-state index in [9.17, 15) is 9.90 Å². The highest BCUT2D eigenvalue weighted by Crippen LogP contribution is 2.26. The van der Waals surface area contributed by atoms with E-state index < -0.39 is 0 Å². The topological polar surface area (TPSA) is 79.8 Å². The van der Waals surface area contributed by atoms with Crippen LogP contribution in [0.25, 0.3) is 0 Å². The molecule has 0 amide bonds. The predicted octanol–water partition coefficient (Wildman–Crippen LogP) is 4.20. The summed E-state index contributed by atoms with van der Waals surface area (Å²) in [7, 11) is 1.51. The molecule has 0 bridgehead atoms. The fraction of sp³-hybridized carbons (Fsp3) is 0.440. The summed E-state index contributed by atoms with van der Waals surface area (Å²) in [4.78, 5) is 12.2. The molecule has 3 N–H and O–H groups in total. The number of ether oxygens (including phenoxy) is 2. The summed E-state index contributed by atoms with van der Waals surface area (Å²) in [5.74, 6) is 0.414. The molecule has 2 aromatic carbocycles. The highest BCUT2D eigenvalue weighted by molar-refractivity contribution is 7.80. The molecular weight excluding hydrogens is 424 g/mol. The number of thiocarbonyl (C=S) groups is 1. The zero-order valence-corrected chi connectivity index (χ0v) is 20.1. The Morgan fingerprint density at radius 2 is 1.81 bits per heavy atom. The van der Waals surface area contributed by atoms with Crippen LogP contribution >= 0.6 is 12.2 Å². The normalized spacial score (nSPS) is 12.0. The Labute approximate surface area is 196 Å². The van der Waals surface area contributed by atoms with E-state index in [2.05, 4.69) is 22.8 Å². The molecule has 0 fully saturated rings. The molecule has 32 heavy (non-hydrogen) atoms. The highest BCUT2D eigenvalue weighted by Gasteiger charge is 2.19. The maximum Gasteiger partial charge on any atom is 0.306 e. The average molecular weight is 459 g/mol. The van der Waals surface area contributed by atoms with Crippen molar-refractivity contribution in [2.75, 3.05) is 20.3 Å². The molecule has 2 rings (SSSR count). The second-order valence-electron chi connectivity index (χ2n) is 9.05. The van der Waals surface area contributed by atoms with E-state index in [0.717, 1.165) is 12.0 Å². The lowest BCUT2D eigenvalue weighted by Gasteiger charge is -2.21. The van der Waals surface area contributed by atoms with Crippen molar-refractivity contribution in [2.45, 2.75) is 40.2 Å². The monoisotopic (exact) mass is 458 g/mol. The van der Waals surface area contributed by atoms with Crippen LogP contribution in [0.1, 0.15) is 38.3 Å².